The number of amides is 3. The maximum Gasteiger partial charge on any atom is 0.275 e. The van der Waals surface area contributed by atoms with Gasteiger partial charge in [-0.25, -0.2) is 5.01 Å². The van der Waals surface area contributed by atoms with Crippen molar-refractivity contribution in [3.8, 4) is 0 Å². The van der Waals surface area contributed by atoms with Crippen molar-refractivity contribution in [2.45, 2.75) is 29.0 Å². The quantitative estimate of drug-likeness (QED) is 0.190. The van der Waals surface area contributed by atoms with Crippen LogP contribution in [-0.4, -0.2) is 42.3 Å². The van der Waals surface area contributed by atoms with Crippen LogP contribution in [0.5, 0.6) is 0 Å². The van der Waals surface area contributed by atoms with Gasteiger partial charge in [-0.05, 0) is 49.2 Å². The van der Waals surface area contributed by atoms with Crippen molar-refractivity contribution in [2.75, 3.05) is 0 Å². The van der Waals surface area contributed by atoms with Gasteiger partial charge in [0.1, 0.15) is 0 Å². The number of alkyl halides is 2. The van der Waals surface area contributed by atoms with E-state index in [1.165, 1.54) is 42.5 Å². The van der Waals surface area contributed by atoms with Crippen molar-refractivity contribution in [3.63, 3.8) is 0 Å². The first-order valence-electron chi connectivity index (χ1n) is 10.2. The third kappa shape index (κ3) is 4.73. The summed E-state index contributed by atoms with van der Waals surface area (Å²) in [5, 5.41) is 14.0. The minimum atomic E-state index is -0.660. The molecule has 1 heterocycles. The maximum atomic E-state index is 13.5. The monoisotopic (exact) mass is 631 g/mol. The fraction of sp³-hybridized carbons (Fsp3) is 0.318. The Bertz CT molecular complexity index is 1150. The van der Waals surface area contributed by atoms with Gasteiger partial charge < -0.3 is 0 Å². The lowest BCUT2D eigenvalue weighted by Gasteiger charge is -2.30. The lowest BCUT2D eigenvalue weighted by Crippen LogP contribution is -2.49. The first kappa shape index (κ1) is 25.1. The van der Waals surface area contributed by atoms with E-state index < -0.39 is 34.5 Å². The molecule has 1 saturated heterocycles. The summed E-state index contributed by atoms with van der Waals surface area (Å²) in [4.78, 5) is 51.3. The van der Waals surface area contributed by atoms with E-state index in [2.05, 4.69) is 31.9 Å². The summed E-state index contributed by atoms with van der Waals surface area (Å²) in [5.41, 5.74) is -0.0175. The van der Waals surface area contributed by atoms with Gasteiger partial charge >= 0.3 is 0 Å². The number of hydrazine groups is 1. The summed E-state index contributed by atoms with van der Waals surface area (Å²) in [6, 6.07) is 9.98. The van der Waals surface area contributed by atoms with Crippen molar-refractivity contribution in [3.05, 3.63) is 73.8 Å². The second-order valence-electron chi connectivity index (χ2n) is 8.10. The smallest absolute Gasteiger partial charge is 0.272 e. The van der Waals surface area contributed by atoms with Crippen molar-refractivity contribution >= 4 is 78.5 Å². The van der Waals surface area contributed by atoms with Gasteiger partial charge in [-0.1, -0.05) is 55.1 Å². The van der Waals surface area contributed by atoms with Crippen LogP contribution in [0.15, 0.2) is 42.5 Å². The van der Waals surface area contributed by atoms with Gasteiger partial charge in [0.25, 0.3) is 23.4 Å². The highest BCUT2D eigenvalue weighted by Gasteiger charge is 2.54. The number of nitro groups is 1. The van der Waals surface area contributed by atoms with E-state index in [1.54, 1.807) is 0 Å². The third-order valence-electron chi connectivity index (χ3n) is 6.02. The first-order valence-corrected chi connectivity index (χ1v) is 12.8. The number of fused-ring (bicyclic) bond motifs is 1. The molecule has 2 fully saturated rings. The van der Waals surface area contributed by atoms with Crippen LogP contribution < -0.4 is 0 Å². The predicted octanol–water partition coefficient (Wildman–Crippen LogP) is 5.38. The van der Waals surface area contributed by atoms with E-state index in [1.807, 2.05) is 0 Å². The zero-order valence-corrected chi connectivity index (χ0v) is 22.1. The highest BCUT2D eigenvalue weighted by Crippen LogP contribution is 2.44. The number of hydrogen-bond acceptors (Lipinski definition) is 5. The molecule has 0 unspecified atom stereocenters. The number of nitro benzene ring substituents is 1. The van der Waals surface area contributed by atoms with Crippen molar-refractivity contribution in [2.24, 2.45) is 11.8 Å². The van der Waals surface area contributed by atoms with E-state index in [-0.39, 0.29) is 38.0 Å². The Morgan fingerprint density at radius 1 is 1.00 bits per heavy atom. The molecular formula is C22H17Br2Cl2N3O5. The fourth-order valence-corrected chi connectivity index (χ4v) is 5.82. The molecule has 2 aliphatic rings. The topological polar surface area (TPSA) is 101 Å². The molecule has 178 valence electrons. The van der Waals surface area contributed by atoms with Gasteiger partial charge in [0.2, 0.25) is 0 Å². The average Bonchev–Trinajstić information content (AvgIpc) is 3.02. The van der Waals surface area contributed by atoms with Crippen LogP contribution in [0.1, 0.15) is 28.8 Å². The molecule has 0 radical (unpaired) electrons. The van der Waals surface area contributed by atoms with Crippen LogP contribution in [0.25, 0.3) is 0 Å². The highest BCUT2D eigenvalue weighted by molar-refractivity contribution is 9.12. The molecule has 34 heavy (non-hydrogen) atoms. The SMILES string of the molecule is O=C(c1ccc(Cl)cc1)N(Cc1ccc(Cl)cc1[N+](=O)[O-])N1C(=O)[C@H]2C[C@@H](Br)[C@@H](Br)C[C@H]2C1=O. The molecule has 12 heteroatoms. The standard InChI is InChI=1S/C22H17Br2Cl2N3O5/c23-17-8-15-16(9-18(17)24)22(32)28(21(15)31)27(20(30)11-1-4-13(25)5-2-11)10-12-3-6-14(26)7-19(12)29(33)34/h1-7,15-18H,8-10H2/t15-,16+,17+,18-. The minimum absolute atomic E-state index is 0.0109. The Hall–Kier alpha value is -2.01. The molecule has 1 aliphatic carbocycles. The van der Waals surface area contributed by atoms with Crippen LogP contribution >= 0.6 is 55.1 Å². The molecule has 1 aliphatic heterocycles. The summed E-state index contributed by atoms with van der Waals surface area (Å²) < 4.78 is 0. The van der Waals surface area contributed by atoms with Gasteiger partial charge in [-0.2, -0.15) is 5.01 Å². The van der Waals surface area contributed by atoms with Gasteiger partial charge in [0.05, 0.1) is 28.9 Å². The third-order valence-corrected chi connectivity index (χ3v) is 9.24. The van der Waals surface area contributed by atoms with Crippen LogP contribution in [-0.2, 0) is 16.1 Å². The van der Waals surface area contributed by atoms with E-state index in [4.69, 9.17) is 23.2 Å². The van der Waals surface area contributed by atoms with E-state index in [9.17, 15) is 24.5 Å². The molecule has 2 aromatic rings. The van der Waals surface area contributed by atoms with Crippen molar-refractivity contribution in [1.82, 2.24) is 10.0 Å². The summed E-state index contributed by atoms with van der Waals surface area (Å²) in [6.07, 6.45) is 0.845. The molecule has 3 amide bonds. The fourth-order valence-electron chi connectivity index (χ4n) is 4.29. The molecule has 4 rings (SSSR count). The lowest BCUT2D eigenvalue weighted by atomic mass is 9.81. The molecule has 1 saturated carbocycles. The molecule has 4 atom stereocenters. The molecule has 2 aromatic carbocycles. The summed E-state index contributed by atoms with van der Waals surface area (Å²) >= 11 is 19.0. The number of rotatable bonds is 5. The second kappa shape index (κ2) is 9.93. The normalized spacial score (nSPS) is 24.2. The van der Waals surface area contributed by atoms with Gasteiger partial charge in [-0.3, -0.25) is 24.5 Å². The van der Waals surface area contributed by atoms with E-state index in [0.29, 0.717) is 17.9 Å². The number of carbonyl (C=O) groups is 3. The number of nitrogens with zero attached hydrogens (tertiary/aromatic N) is 3. The summed E-state index contributed by atoms with van der Waals surface area (Å²) in [5.74, 6) is -2.85. The Labute approximate surface area is 221 Å². The largest absolute Gasteiger partial charge is 0.275 e. The second-order valence-corrected chi connectivity index (χ2v) is 11.3. The zero-order valence-electron chi connectivity index (χ0n) is 17.4. The van der Waals surface area contributed by atoms with Gasteiger partial charge in [-0.15, -0.1) is 0 Å². The molecule has 8 nitrogen and oxygen atoms in total. The summed E-state index contributed by atoms with van der Waals surface area (Å²) in [7, 11) is 0. The summed E-state index contributed by atoms with van der Waals surface area (Å²) in [6.45, 7) is -0.374. The Morgan fingerprint density at radius 3 is 2.06 bits per heavy atom. The van der Waals surface area contributed by atoms with Crippen molar-refractivity contribution < 1.29 is 19.3 Å². The van der Waals surface area contributed by atoms with E-state index >= 15 is 0 Å². The molecule has 0 spiro atoms. The highest BCUT2D eigenvalue weighted by atomic mass is 79.9. The minimum Gasteiger partial charge on any atom is -0.272 e. The van der Waals surface area contributed by atoms with Gasteiger partial charge in [0, 0.05) is 31.3 Å². The van der Waals surface area contributed by atoms with Crippen LogP contribution in [0.3, 0.4) is 0 Å². The Balaban J connectivity index is 1.76. The molecule has 0 bridgehead atoms. The first-order chi connectivity index (χ1) is 16.1. The molecule has 0 N–H and O–H groups in total. The van der Waals surface area contributed by atoms with Crippen LogP contribution in [0, 0.1) is 22.0 Å². The average molecular weight is 634 g/mol. The van der Waals surface area contributed by atoms with Gasteiger partial charge in [0.15, 0.2) is 0 Å². The number of halogens is 4. The van der Waals surface area contributed by atoms with E-state index in [0.717, 1.165) is 10.0 Å². The van der Waals surface area contributed by atoms with Crippen LogP contribution in [0.4, 0.5) is 5.69 Å². The van der Waals surface area contributed by atoms with Crippen molar-refractivity contribution in [1.29, 1.82) is 0 Å². The predicted molar refractivity (Wildman–Crippen MR) is 133 cm³/mol. The maximum absolute atomic E-state index is 13.5. The number of hydrogen-bond donors (Lipinski definition) is 0. The Kier molecular flexibility index (Phi) is 7.33. The molecule has 0 aromatic heterocycles. The molecular weight excluding hydrogens is 617 g/mol. The number of benzene rings is 2. The lowest BCUT2D eigenvalue weighted by molar-refractivity contribution is -0.385. The van der Waals surface area contributed by atoms with Crippen LogP contribution in [0.2, 0.25) is 10.0 Å². The number of carbonyl (C=O) groups excluding carboxylic acids is 3. The zero-order chi connectivity index (χ0) is 24.7. The number of imide groups is 1. The Morgan fingerprint density at radius 2 is 1.53 bits per heavy atom.